The quantitative estimate of drug-likeness (QED) is 0.270. The first-order valence-corrected chi connectivity index (χ1v) is 12.4. The monoisotopic (exact) mass is 495 g/mol. The molecule has 1 amide bonds. The second-order valence-corrected chi connectivity index (χ2v) is 9.32. The second-order valence-electron chi connectivity index (χ2n) is 7.08. The van der Waals surface area contributed by atoms with Crippen LogP contribution >= 0.6 is 34.7 Å². The zero-order chi connectivity index (χ0) is 22.8. The standard InChI is InChI=1S/C23H18ClN5O2S2/c1-2-29-21(19-11-15-5-3-4-6-18(15)31-19)27-28-23(29)33-13-20(30)26-22-25-17(12-32-22)14-7-9-16(24)10-8-14/h3-12H,2,13H2,1H3,(H,25,26,30). The highest BCUT2D eigenvalue weighted by Crippen LogP contribution is 2.30. The van der Waals surface area contributed by atoms with Gasteiger partial charge >= 0.3 is 0 Å². The summed E-state index contributed by atoms with van der Waals surface area (Å²) in [6.07, 6.45) is 0. The number of amides is 1. The Morgan fingerprint density at radius 1 is 1.18 bits per heavy atom. The molecule has 33 heavy (non-hydrogen) atoms. The number of nitrogens with one attached hydrogen (secondary N) is 1. The van der Waals surface area contributed by atoms with Crippen molar-refractivity contribution in [1.82, 2.24) is 19.7 Å². The van der Waals surface area contributed by atoms with Gasteiger partial charge in [0.1, 0.15) is 5.58 Å². The van der Waals surface area contributed by atoms with E-state index in [9.17, 15) is 4.79 Å². The van der Waals surface area contributed by atoms with Crippen LogP contribution in [0.2, 0.25) is 5.02 Å². The van der Waals surface area contributed by atoms with Crippen molar-refractivity contribution < 1.29 is 9.21 Å². The lowest BCUT2D eigenvalue weighted by molar-refractivity contribution is -0.113. The van der Waals surface area contributed by atoms with Crippen molar-refractivity contribution in [3.05, 3.63) is 65.0 Å². The van der Waals surface area contributed by atoms with E-state index in [2.05, 4.69) is 20.5 Å². The van der Waals surface area contributed by atoms with Crippen molar-refractivity contribution in [2.24, 2.45) is 0 Å². The van der Waals surface area contributed by atoms with Gasteiger partial charge in [0, 0.05) is 27.9 Å². The Labute approximate surface area is 202 Å². The molecule has 0 atom stereocenters. The number of para-hydroxylation sites is 1. The second kappa shape index (κ2) is 9.38. The molecule has 0 spiro atoms. The number of thiazole rings is 1. The van der Waals surface area contributed by atoms with Crippen LogP contribution in [-0.2, 0) is 11.3 Å². The maximum absolute atomic E-state index is 12.5. The smallest absolute Gasteiger partial charge is 0.236 e. The third kappa shape index (κ3) is 4.66. The molecule has 0 bridgehead atoms. The number of anilines is 1. The van der Waals surface area contributed by atoms with Gasteiger partial charge in [-0.25, -0.2) is 4.98 Å². The van der Waals surface area contributed by atoms with Crippen molar-refractivity contribution in [2.45, 2.75) is 18.6 Å². The van der Waals surface area contributed by atoms with Gasteiger partial charge in [-0.05, 0) is 31.2 Å². The van der Waals surface area contributed by atoms with Gasteiger partial charge in [0.15, 0.2) is 16.0 Å². The zero-order valence-electron chi connectivity index (χ0n) is 17.5. The minimum atomic E-state index is -0.159. The van der Waals surface area contributed by atoms with E-state index < -0.39 is 0 Å². The first-order chi connectivity index (χ1) is 16.1. The van der Waals surface area contributed by atoms with Gasteiger partial charge in [-0.2, -0.15) is 0 Å². The SMILES string of the molecule is CCn1c(SCC(=O)Nc2nc(-c3ccc(Cl)cc3)cs2)nnc1-c1cc2ccccc2o1. The number of fused-ring (bicyclic) bond motifs is 1. The maximum atomic E-state index is 12.5. The Hall–Kier alpha value is -3.14. The number of rotatable bonds is 7. The first kappa shape index (κ1) is 21.7. The molecule has 7 nitrogen and oxygen atoms in total. The number of thioether (sulfide) groups is 1. The number of benzene rings is 2. The molecular weight excluding hydrogens is 478 g/mol. The molecule has 166 valence electrons. The number of hydrogen-bond donors (Lipinski definition) is 1. The molecule has 0 fully saturated rings. The van der Waals surface area contributed by atoms with E-state index in [-0.39, 0.29) is 11.7 Å². The van der Waals surface area contributed by atoms with Gasteiger partial charge in [0.2, 0.25) is 11.7 Å². The average molecular weight is 496 g/mol. The Kier molecular flexibility index (Phi) is 6.17. The predicted octanol–water partition coefficient (Wildman–Crippen LogP) is 6.22. The van der Waals surface area contributed by atoms with Gasteiger partial charge in [0.05, 0.1) is 11.4 Å². The fourth-order valence-electron chi connectivity index (χ4n) is 3.32. The van der Waals surface area contributed by atoms with E-state index >= 15 is 0 Å². The van der Waals surface area contributed by atoms with E-state index in [4.69, 9.17) is 16.0 Å². The first-order valence-electron chi connectivity index (χ1n) is 10.2. The molecular formula is C23H18ClN5O2S2. The molecule has 0 aliphatic heterocycles. The zero-order valence-corrected chi connectivity index (χ0v) is 19.9. The Morgan fingerprint density at radius 2 is 2.00 bits per heavy atom. The summed E-state index contributed by atoms with van der Waals surface area (Å²) in [6, 6.07) is 17.2. The van der Waals surface area contributed by atoms with Crippen LogP contribution in [0.25, 0.3) is 33.8 Å². The van der Waals surface area contributed by atoms with E-state index in [1.807, 2.05) is 71.5 Å². The maximum Gasteiger partial charge on any atom is 0.236 e. The molecule has 0 saturated heterocycles. The summed E-state index contributed by atoms with van der Waals surface area (Å²) < 4.78 is 7.88. The van der Waals surface area contributed by atoms with Crippen LogP contribution in [0.4, 0.5) is 5.13 Å². The summed E-state index contributed by atoms with van der Waals surface area (Å²) in [7, 11) is 0. The molecule has 10 heteroatoms. The predicted molar refractivity (Wildman–Crippen MR) is 133 cm³/mol. The van der Waals surface area contributed by atoms with E-state index in [0.717, 1.165) is 22.2 Å². The van der Waals surface area contributed by atoms with Crippen molar-refractivity contribution >= 4 is 56.7 Å². The van der Waals surface area contributed by atoms with Gasteiger partial charge < -0.3 is 9.73 Å². The number of halogens is 1. The average Bonchev–Trinajstić information content (AvgIpc) is 3.55. The summed E-state index contributed by atoms with van der Waals surface area (Å²) in [5, 5.41) is 16.2. The van der Waals surface area contributed by atoms with Crippen molar-refractivity contribution in [2.75, 3.05) is 11.1 Å². The molecule has 3 heterocycles. The van der Waals surface area contributed by atoms with Crippen LogP contribution in [0.3, 0.4) is 0 Å². The van der Waals surface area contributed by atoms with Crippen LogP contribution in [0, 0.1) is 0 Å². The number of hydrogen-bond acceptors (Lipinski definition) is 7. The minimum Gasteiger partial charge on any atom is -0.453 e. The highest BCUT2D eigenvalue weighted by atomic mass is 35.5. The van der Waals surface area contributed by atoms with Gasteiger partial charge in [0.25, 0.3) is 0 Å². The lowest BCUT2D eigenvalue weighted by Crippen LogP contribution is -2.14. The fourth-order valence-corrected chi connectivity index (χ4v) is 4.99. The van der Waals surface area contributed by atoms with E-state index in [0.29, 0.717) is 33.4 Å². The summed E-state index contributed by atoms with van der Waals surface area (Å²) in [6.45, 7) is 2.66. The molecule has 2 aromatic carbocycles. The van der Waals surface area contributed by atoms with Gasteiger partial charge in [-0.15, -0.1) is 21.5 Å². The van der Waals surface area contributed by atoms with Gasteiger partial charge in [-0.3, -0.25) is 9.36 Å². The molecule has 0 radical (unpaired) electrons. The number of nitrogens with zero attached hydrogens (tertiary/aromatic N) is 4. The Bertz CT molecular complexity index is 1390. The molecule has 0 aliphatic rings. The van der Waals surface area contributed by atoms with Crippen molar-refractivity contribution in [1.29, 1.82) is 0 Å². The molecule has 0 aliphatic carbocycles. The van der Waals surface area contributed by atoms with Crippen molar-refractivity contribution in [3.8, 4) is 22.8 Å². The fraction of sp³-hybridized carbons (Fsp3) is 0.130. The third-order valence-corrected chi connectivity index (χ3v) is 6.88. The highest BCUT2D eigenvalue weighted by molar-refractivity contribution is 7.99. The van der Waals surface area contributed by atoms with Crippen LogP contribution in [0.1, 0.15) is 6.92 Å². The van der Waals surface area contributed by atoms with Crippen LogP contribution < -0.4 is 5.32 Å². The summed E-state index contributed by atoms with van der Waals surface area (Å²) >= 11 is 8.64. The molecule has 0 unspecified atom stereocenters. The lowest BCUT2D eigenvalue weighted by atomic mass is 10.2. The molecule has 1 N–H and O–H groups in total. The molecule has 0 saturated carbocycles. The molecule has 5 rings (SSSR count). The molecule has 3 aromatic heterocycles. The summed E-state index contributed by atoms with van der Waals surface area (Å²) in [5.74, 6) is 1.32. The minimum absolute atomic E-state index is 0.159. The number of carbonyl (C=O) groups excluding carboxylic acids is 1. The topological polar surface area (TPSA) is 85.8 Å². The lowest BCUT2D eigenvalue weighted by Gasteiger charge is -2.05. The van der Waals surface area contributed by atoms with E-state index in [1.165, 1.54) is 23.1 Å². The number of aromatic nitrogens is 4. The van der Waals surface area contributed by atoms with Crippen LogP contribution in [0.5, 0.6) is 0 Å². The molecule has 5 aromatic rings. The summed E-state index contributed by atoms with van der Waals surface area (Å²) in [5.41, 5.74) is 2.54. The number of carbonyl (C=O) groups is 1. The Balaban J connectivity index is 1.25. The van der Waals surface area contributed by atoms with Gasteiger partial charge in [-0.1, -0.05) is 53.7 Å². The normalized spacial score (nSPS) is 11.2. The third-order valence-electron chi connectivity index (χ3n) is 4.90. The highest BCUT2D eigenvalue weighted by Gasteiger charge is 2.18. The largest absolute Gasteiger partial charge is 0.453 e. The van der Waals surface area contributed by atoms with E-state index in [1.54, 1.807) is 0 Å². The van der Waals surface area contributed by atoms with Crippen LogP contribution in [-0.4, -0.2) is 31.4 Å². The summed E-state index contributed by atoms with van der Waals surface area (Å²) in [4.78, 5) is 17.0. The van der Waals surface area contributed by atoms with Crippen LogP contribution in [0.15, 0.2) is 69.6 Å². The Morgan fingerprint density at radius 3 is 2.79 bits per heavy atom. The number of furan rings is 1. The van der Waals surface area contributed by atoms with Crippen molar-refractivity contribution in [3.63, 3.8) is 0 Å².